The number of rotatable bonds is 5. The molecule has 1 aromatic carbocycles. The third-order valence-electron chi connectivity index (χ3n) is 2.94. The molecule has 0 saturated heterocycles. The molecule has 1 N–H and O–H groups in total. The summed E-state index contributed by atoms with van der Waals surface area (Å²) >= 11 is 5.96. The Hall–Kier alpha value is -1.11. The van der Waals surface area contributed by atoms with Crippen molar-refractivity contribution in [2.75, 3.05) is 7.11 Å². The van der Waals surface area contributed by atoms with Gasteiger partial charge in [-0.3, -0.25) is 0 Å². The highest BCUT2D eigenvalue weighted by atomic mass is 35.5. The van der Waals surface area contributed by atoms with Crippen LogP contribution in [-0.4, -0.2) is 27.0 Å². The Bertz CT molecular complexity index is 611. The van der Waals surface area contributed by atoms with Gasteiger partial charge in [-0.2, -0.15) is 0 Å². The smallest absolute Gasteiger partial charge is 0.337 e. The lowest BCUT2D eigenvalue weighted by atomic mass is 10.0. The Balaban J connectivity index is 3.18. The Morgan fingerprint density at radius 3 is 2.45 bits per heavy atom. The van der Waals surface area contributed by atoms with Crippen molar-refractivity contribution < 1.29 is 17.9 Å². The molecule has 0 amide bonds. The fourth-order valence-corrected chi connectivity index (χ4v) is 3.48. The molecule has 0 radical (unpaired) electrons. The molecule has 5 nitrogen and oxygen atoms in total. The van der Waals surface area contributed by atoms with Gasteiger partial charge in [0.1, 0.15) is 4.90 Å². The standard InChI is InChI=1S/C13H18ClNO4S/c1-5-13(2,3)15-20(17,18)11-7-6-9(8-10(11)14)12(16)19-4/h6-8,15H,5H2,1-4H3. The second-order valence-electron chi connectivity index (χ2n) is 4.98. The number of carbonyl (C=O) groups excluding carboxylic acids is 1. The van der Waals surface area contributed by atoms with Crippen LogP contribution in [0.5, 0.6) is 0 Å². The molecular weight excluding hydrogens is 302 g/mol. The largest absolute Gasteiger partial charge is 0.465 e. The van der Waals surface area contributed by atoms with E-state index >= 15 is 0 Å². The highest BCUT2D eigenvalue weighted by molar-refractivity contribution is 7.89. The van der Waals surface area contributed by atoms with Crippen molar-refractivity contribution in [3.05, 3.63) is 28.8 Å². The van der Waals surface area contributed by atoms with Crippen LogP contribution in [0.4, 0.5) is 0 Å². The molecule has 1 aromatic rings. The van der Waals surface area contributed by atoms with Crippen LogP contribution in [0.15, 0.2) is 23.1 Å². The zero-order valence-corrected chi connectivity index (χ0v) is 13.4. The summed E-state index contributed by atoms with van der Waals surface area (Å²) in [4.78, 5) is 11.3. The SMILES string of the molecule is CCC(C)(C)NS(=O)(=O)c1ccc(C(=O)OC)cc1Cl. The molecule has 0 bridgehead atoms. The molecule has 7 heteroatoms. The molecule has 0 heterocycles. The fourth-order valence-electron chi connectivity index (χ4n) is 1.45. The average Bonchev–Trinajstić information content (AvgIpc) is 2.36. The maximum absolute atomic E-state index is 12.3. The Morgan fingerprint density at radius 1 is 1.40 bits per heavy atom. The van der Waals surface area contributed by atoms with Crippen LogP contribution in [0.3, 0.4) is 0 Å². The van der Waals surface area contributed by atoms with Gasteiger partial charge in [0.25, 0.3) is 0 Å². The van der Waals surface area contributed by atoms with Gasteiger partial charge in [-0.15, -0.1) is 0 Å². The van der Waals surface area contributed by atoms with Gasteiger partial charge in [-0.25, -0.2) is 17.9 Å². The van der Waals surface area contributed by atoms with Crippen molar-refractivity contribution in [3.8, 4) is 0 Å². The van der Waals surface area contributed by atoms with Gasteiger partial charge >= 0.3 is 5.97 Å². The van der Waals surface area contributed by atoms with E-state index in [1.165, 1.54) is 25.3 Å². The second kappa shape index (κ2) is 6.11. The van der Waals surface area contributed by atoms with Gasteiger partial charge in [-0.1, -0.05) is 18.5 Å². The van der Waals surface area contributed by atoms with Crippen molar-refractivity contribution >= 4 is 27.6 Å². The van der Waals surface area contributed by atoms with E-state index in [9.17, 15) is 13.2 Å². The lowest BCUT2D eigenvalue weighted by molar-refractivity contribution is 0.0600. The quantitative estimate of drug-likeness (QED) is 0.847. The minimum atomic E-state index is -3.74. The van der Waals surface area contributed by atoms with Crippen molar-refractivity contribution in [1.29, 1.82) is 0 Å². The van der Waals surface area contributed by atoms with Gasteiger partial charge in [-0.05, 0) is 38.5 Å². The van der Waals surface area contributed by atoms with Gasteiger partial charge < -0.3 is 4.74 Å². The number of benzene rings is 1. The second-order valence-corrected chi connectivity index (χ2v) is 7.04. The summed E-state index contributed by atoms with van der Waals surface area (Å²) in [5, 5.41) is -0.0210. The topological polar surface area (TPSA) is 72.5 Å². The van der Waals surface area contributed by atoms with E-state index in [0.29, 0.717) is 6.42 Å². The molecule has 0 unspecified atom stereocenters. The highest BCUT2D eigenvalue weighted by Gasteiger charge is 2.26. The molecule has 1 rings (SSSR count). The predicted octanol–water partition coefficient (Wildman–Crippen LogP) is 2.59. The summed E-state index contributed by atoms with van der Waals surface area (Å²) in [6.45, 7) is 5.44. The van der Waals surface area contributed by atoms with Crippen LogP contribution >= 0.6 is 11.6 Å². The monoisotopic (exact) mass is 319 g/mol. The molecule has 0 aliphatic rings. The molecule has 0 atom stereocenters. The average molecular weight is 320 g/mol. The molecule has 20 heavy (non-hydrogen) atoms. The van der Waals surface area contributed by atoms with Gasteiger partial charge in [0.05, 0.1) is 17.7 Å². The summed E-state index contributed by atoms with van der Waals surface area (Å²) in [6, 6.07) is 3.94. The Morgan fingerprint density at radius 2 is 2.00 bits per heavy atom. The number of halogens is 1. The minimum absolute atomic E-state index is 0.0210. The summed E-state index contributed by atoms with van der Waals surface area (Å²) in [5.74, 6) is -0.572. The highest BCUT2D eigenvalue weighted by Crippen LogP contribution is 2.24. The van der Waals surface area contributed by atoms with Gasteiger partial charge in [0, 0.05) is 5.54 Å². The van der Waals surface area contributed by atoms with E-state index in [1.54, 1.807) is 13.8 Å². The Kier molecular flexibility index (Phi) is 5.18. The zero-order chi connectivity index (χ0) is 15.6. The normalized spacial score (nSPS) is 12.2. The van der Waals surface area contributed by atoms with Crippen LogP contribution in [0.2, 0.25) is 5.02 Å². The number of ether oxygens (including phenoxy) is 1. The van der Waals surface area contributed by atoms with E-state index in [2.05, 4.69) is 9.46 Å². The van der Waals surface area contributed by atoms with Crippen LogP contribution in [0.25, 0.3) is 0 Å². The molecule has 0 fully saturated rings. The number of hydrogen-bond acceptors (Lipinski definition) is 4. The van der Waals surface area contributed by atoms with E-state index < -0.39 is 21.5 Å². The van der Waals surface area contributed by atoms with E-state index in [1.807, 2.05) is 6.92 Å². The maximum atomic E-state index is 12.3. The lowest BCUT2D eigenvalue weighted by Crippen LogP contribution is -2.42. The molecule has 112 valence electrons. The number of carbonyl (C=O) groups is 1. The number of esters is 1. The molecule has 0 aliphatic heterocycles. The minimum Gasteiger partial charge on any atom is -0.465 e. The first-order valence-electron chi connectivity index (χ1n) is 6.05. The van der Waals surface area contributed by atoms with Crippen molar-refractivity contribution in [2.45, 2.75) is 37.6 Å². The van der Waals surface area contributed by atoms with Crippen LogP contribution in [0, 0.1) is 0 Å². The number of methoxy groups -OCH3 is 1. The molecule has 0 aromatic heterocycles. The molecular formula is C13H18ClNO4S. The first-order valence-corrected chi connectivity index (χ1v) is 7.91. The maximum Gasteiger partial charge on any atom is 0.337 e. The van der Waals surface area contributed by atoms with Crippen molar-refractivity contribution in [2.24, 2.45) is 0 Å². The number of nitrogens with one attached hydrogen (secondary N) is 1. The van der Waals surface area contributed by atoms with E-state index in [4.69, 9.17) is 11.6 Å². The zero-order valence-electron chi connectivity index (χ0n) is 11.9. The lowest BCUT2D eigenvalue weighted by Gasteiger charge is -2.24. The predicted molar refractivity (Wildman–Crippen MR) is 77.5 cm³/mol. The third-order valence-corrected chi connectivity index (χ3v) is 5.12. The Labute approximate surface area is 124 Å². The van der Waals surface area contributed by atoms with E-state index in [0.717, 1.165) is 0 Å². The van der Waals surface area contributed by atoms with Crippen LogP contribution in [-0.2, 0) is 14.8 Å². The van der Waals surface area contributed by atoms with Crippen LogP contribution < -0.4 is 4.72 Å². The number of sulfonamides is 1. The number of hydrogen-bond donors (Lipinski definition) is 1. The summed E-state index contributed by atoms with van der Waals surface area (Å²) in [6.07, 6.45) is 0.629. The summed E-state index contributed by atoms with van der Waals surface area (Å²) in [7, 11) is -2.50. The van der Waals surface area contributed by atoms with Gasteiger partial charge in [0.2, 0.25) is 10.0 Å². The third kappa shape index (κ3) is 3.94. The van der Waals surface area contributed by atoms with Crippen molar-refractivity contribution in [3.63, 3.8) is 0 Å². The molecule has 0 aliphatic carbocycles. The van der Waals surface area contributed by atoms with Crippen molar-refractivity contribution in [1.82, 2.24) is 4.72 Å². The first kappa shape index (κ1) is 16.9. The molecule has 0 spiro atoms. The molecule has 0 saturated carbocycles. The summed E-state index contributed by atoms with van der Waals surface area (Å²) < 4.78 is 31.7. The van der Waals surface area contributed by atoms with Crippen LogP contribution in [0.1, 0.15) is 37.6 Å². The van der Waals surface area contributed by atoms with E-state index in [-0.39, 0.29) is 15.5 Å². The summed E-state index contributed by atoms with van der Waals surface area (Å²) in [5.41, 5.74) is -0.380. The first-order chi connectivity index (χ1) is 9.13. The fraction of sp³-hybridized carbons (Fsp3) is 0.462. The van der Waals surface area contributed by atoms with Gasteiger partial charge in [0.15, 0.2) is 0 Å².